The van der Waals surface area contributed by atoms with Gasteiger partial charge in [0.05, 0.1) is 12.5 Å². The second-order valence-corrected chi connectivity index (χ2v) is 7.96. The Hall–Kier alpha value is -2.86. The molecule has 1 unspecified atom stereocenters. The molecule has 1 aliphatic rings. The van der Waals surface area contributed by atoms with Crippen LogP contribution in [0, 0.1) is 0 Å². The molecule has 7 heteroatoms. The first-order valence-electron chi connectivity index (χ1n) is 10.1. The molecule has 2 aromatic carbocycles. The Bertz CT molecular complexity index is 914. The predicted molar refractivity (Wildman–Crippen MR) is 116 cm³/mol. The first kappa shape index (κ1) is 21.8. The highest BCUT2D eigenvalue weighted by Crippen LogP contribution is 2.20. The highest BCUT2D eigenvalue weighted by Gasteiger charge is 2.20. The third-order valence-corrected chi connectivity index (χ3v) is 5.32. The Balaban J connectivity index is 1.57. The van der Waals surface area contributed by atoms with Crippen molar-refractivity contribution in [1.82, 2.24) is 15.5 Å². The summed E-state index contributed by atoms with van der Waals surface area (Å²) in [6.45, 7) is 3.21. The van der Waals surface area contributed by atoms with Gasteiger partial charge in [0.25, 0.3) is 0 Å². The minimum Gasteiger partial charge on any atom is -0.352 e. The molecular weight excluding hydrogens is 402 g/mol. The SMILES string of the molecule is CC(=O)NC(CC(=O)NCc1cccc(CN2CCCC2=O)c1)c1ccc(Cl)cc1. The van der Waals surface area contributed by atoms with Crippen LogP contribution >= 0.6 is 11.6 Å². The van der Waals surface area contributed by atoms with Gasteiger partial charge in [-0.05, 0) is 35.2 Å². The van der Waals surface area contributed by atoms with E-state index >= 15 is 0 Å². The predicted octanol–water partition coefficient (Wildman–Crippen LogP) is 3.35. The molecular formula is C23H26ClN3O3. The molecule has 0 saturated carbocycles. The molecule has 0 radical (unpaired) electrons. The third kappa shape index (κ3) is 6.32. The Kier molecular flexibility index (Phi) is 7.46. The molecule has 1 atom stereocenters. The minimum absolute atomic E-state index is 0.128. The molecule has 1 heterocycles. The van der Waals surface area contributed by atoms with Crippen molar-refractivity contribution in [3.8, 4) is 0 Å². The quantitative estimate of drug-likeness (QED) is 0.678. The van der Waals surface area contributed by atoms with Crippen molar-refractivity contribution < 1.29 is 14.4 Å². The van der Waals surface area contributed by atoms with Crippen LogP contribution in [-0.4, -0.2) is 29.2 Å². The van der Waals surface area contributed by atoms with Crippen LogP contribution in [0.3, 0.4) is 0 Å². The molecule has 3 amide bonds. The molecule has 30 heavy (non-hydrogen) atoms. The van der Waals surface area contributed by atoms with E-state index in [1.807, 2.05) is 29.2 Å². The molecule has 6 nitrogen and oxygen atoms in total. The van der Waals surface area contributed by atoms with E-state index in [-0.39, 0.29) is 24.1 Å². The summed E-state index contributed by atoms with van der Waals surface area (Å²) in [6.07, 6.45) is 1.67. The second kappa shape index (κ2) is 10.3. The van der Waals surface area contributed by atoms with Gasteiger partial charge in [-0.2, -0.15) is 0 Å². The van der Waals surface area contributed by atoms with Gasteiger partial charge in [-0.25, -0.2) is 0 Å². The van der Waals surface area contributed by atoms with Crippen molar-refractivity contribution in [2.45, 2.75) is 45.3 Å². The van der Waals surface area contributed by atoms with E-state index in [1.54, 1.807) is 24.3 Å². The number of likely N-dealkylation sites (tertiary alicyclic amines) is 1. The highest BCUT2D eigenvalue weighted by molar-refractivity contribution is 6.30. The van der Waals surface area contributed by atoms with E-state index in [2.05, 4.69) is 10.6 Å². The van der Waals surface area contributed by atoms with Crippen LogP contribution in [0.1, 0.15) is 48.9 Å². The van der Waals surface area contributed by atoms with E-state index < -0.39 is 6.04 Å². The molecule has 0 aliphatic carbocycles. The van der Waals surface area contributed by atoms with Crippen molar-refractivity contribution in [2.75, 3.05) is 6.54 Å². The summed E-state index contributed by atoms with van der Waals surface area (Å²) >= 11 is 5.93. The van der Waals surface area contributed by atoms with Crippen LogP contribution in [0.25, 0.3) is 0 Å². The van der Waals surface area contributed by atoms with Crippen LogP contribution in [-0.2, 0) is 27.5 Å². The lowest BCUT2D eigenvalue weighted by Gasteiger charge is -2.18. The summed E-state index contributed by atoms with van der Waals surface area (Å²) in [5.74, 6) is -0.171. The molecule has 1 fully saturated rings. The number of amides is 3. The monoisotopic (exact) mass is 427 g/mol. The molecule has 2 N–H and O–H groups in total. The summed E-state index contributed by atoms with van der Waals surface area (Å²) < 4.78 is 0. The van der Waals surface area contributed by atoms with Crippen molar-refractivity contribution >= 4 is 29.3 Å². The molecule has 2 aromatic rings. The maximum Gasteiger partial charge on any atom is 0.222 e. The maximum absolute atomic E-state index is 12.5. The van der Waals surface area contributed by atoms with Crippen LogP contribution in [0.5, 0.6) is 0 Å². The molecule has 0 bridgehead atoms. The van der Waals surface area contributed by atoms with Gasteiger partial charge in [-0.1, -0.05) is 48.0 Å². The molecule has 1 saturated heterocycles. The summed E-state index contributed by atoms with van der Waals surface area (Å²) in [5.41, 5.74) is 2.84. The number of benzene rings is 2. The topological polar surface area (TPSA) is 78.5 Å². The fourth-order valence-corrected chi connectivity index (χ4v) is 3.71. The normalized spacial score (nSPS) is 14.5. The van der Waals surface area contributed by atoms with Crippen LogP contribution in [0.4, 0.5) is 0 Å². The van der Waals surface area contributed by atoms with E-state index in [9.17, 15) is 14.4 Å². The lowest BCUT2D eigenvalue weighted by Crippen LogP contribution is -2.32. The standard InChI is InChI=1S/C23H26ClN3O3/c1-16(28)26-21(19-7-9-20(24)10-8-19)13-22(29)25-14-17-4-2-5-18(12-17)15-27-11-3-6-23(27)30/h2,4-5,7-10,12,21H,3,6,11,13-15H2,1H3,(H,25,29)(H,26,28). The van der Waals surface area contributed by atoms with Gasteiger partial charge in [0.1, 0.15) is 0 Å². The van der Waals surface area contributed by atoms with Crippen LogP contribution < -0.4 is 10.6 Å². The van der Waals surface area contributed by atoms with Gasteiger partial charge < -0.3 is 15.5 Å². The minimum atomic E-state index is -0.424. The van der Waals surface area contributed by atoms with Gasteiger partial charge in [-0.15, -0.1) is 0 Å². The van der Waals surface area contributed by atoms with Gasteiger partial charge >= 0.3 is 0 Å². The van der Waals surface area contributed by atoms with Gasteiger partial charge in [0.15, 0.2) is 0 Å². The highest BCUT2D eigenvalue weighted by atomic mass is 35.5. The average molecular weight is 428 g/mol. The number of rotatable bonds is 8. The van der Waals surface area contributed by atoms with Crippen molar-refractivity contribution in [1.29, 1.82) is 0 Å². The van der Waals surface area contributed by atoms with Crippen molar-refractivity contribution in [3.63, 3.8) is 0 Å². The number of carbonyl (C=O) groups excluding carboxylic acids is 3. The molecule has 158 valence electrons. The number of carbonyl (C=O) groups is 3. The molecule has 0 aromatic heterocycles. The number of hydrogen-bond donors (Lipinski definition) is 2. The fraction of sp³-hybridized carbons (Fsp3) is 0.348. The summed E-state index contributed by atoms with van der Waals surface area (Å²) in [6, 6.07) is 14.5. The van der Waals surface area contributed by atoms with Crippen molar-refractivity contribution in [2.24, 2.45) is 0 Å². The summed E-state index contributed by atoms with van der Waals surface area (Å²) in [4.78, 5) is 37.8. The number of hydrogen-bond acceptors (Lipinski definition) is 3. The zero-order chi connectivity index (χ0) is 21.5. The zero-order valence-electron chi connectivity index (χ0n) is 17.0. The molecule has 1 aliphatic heterocycles. The first-order valence-corrected chi connectivity index (χ1v) is 10.4. The number of nitrogens with zero attached hydrogens (tertiary/aromatic N) is 1. The maximum atomic E-state index is 12.5. The van der Waals surface area contributed by atoms with Gasteiger partial charge in [-0.3, -0.25) is 14.4 Å². The van der Waals surface area contributed by atoms with E-state index in [0.717, 1.165) is 29.7 Å². The van der Waals surface area contributed by atoms with E-state index in [1.165, 1.54) is 6.92 Å². The van der Waals surface area contributed by atoms with Gasteiger partial charge in [0.2, 0.25) is 17.7 Å². The third-order valence-electron chi connectivity index (χ3n) is 5.07. The Morgan fingerprint density at radius 1 is 1.13 bits per heavy atom. The lowest BCUT2D eigenvalue weighted by molar-refractivity contribution is -0.128. The number of nitrogens with one attached hydrogen (secondary N) is 2. The Morgan fingerprint density at radius 2 is 1.87 bits per heavy atom. The van der Waals surface area contributed by atoms with Crippen LogP contribution in [0.15, 0.2) is 48.5 Å². The Labute approximate surface area is 181 Å². The average Bonchev–Trinajstić information content (AvgIpc) is 3.11. The molecule has 0 spiro atoms. The van der Waals surface area contributed by atoms with Crippen molar-refractivity contribution in [3.05, 3.63) is 70.2 Å². The Morgan fingerprint density at radius 3 is 2.53 bits per heavy atom. The largest absolute Gasteiger partial charge is 0.352 e. The summed E-state index contributed by atoms with van der Waals surface area (Å²) in [5, 5.41) is 6.33. The first-order chi connectivity index (χ1) is 14.4. The smallest absolute Gasteiger partial charge is 0.222 e. The van der Waals surface area contributed by atoms with Gasteiger partial charge in [0, 0.05) is 38.0 Å². The number of halogens is 1. The van der Waals surface area contributed by atoms with E-state index in [0.29, 0.717) is 24.5 Å². The molecule has 3 rings (SSSR count). The summed E-state index contributed by atoms with van der Waals surface area (Å²) in [7, 11) is 0. The van der Waals surface area contributed by atoms with E-state index in [4.69, 9.17) is 11.6 Å². The lowest BCUT2D eigenvalue weighted by atomic mass is 10.0. The second-order valence-electron chi connectivity index (χ2n) is 7.52. The van der Waals surface area contributed by atoms with Crippen LogP contribution in [0.2, 0.25) is 5.02 Å². The fourth-order valence-electron chi connectivity index (χ4n) is 3.58. The zero-order valence-corrected chi connectivity index (χ0v) is 17.7.